The first-order valence-electron chi connectivity index (χ1n) is 3.67. The lowest BCUT2D eigenvalue weighted by molar-refractivity contribution is 0.600. The lowest BCUT2D eigenvalue weighted by atomic mass is 9.96. The van der Waals surface area contributed by atoms with Crippen molar-refractivity contribution in [2.75, 3.05) is 0 Å². The van der Waals surface area contributed by atoms with Gasteiger partial charge in [0.25, 0.3) is 0 Å². The molecule has 0 heterocycles. The molecule has 0 saturated heterocycles. The molecule has 1 rings (SSSR count). The summed E-state index contributed by atoms with van der Waals surface area (Å²) in [6.45, 7) is 0. The van der Waals surface area contributed by atoms with Crippen LogP contribution in [-0.2, 0) is 0 Å². The summed E-state index contributed by atoms with van der Waals surface area (Å²) in [6.07, 6.45) is 7.11. The van der Waals surface area contributed by atoms with Crippen molar-refractivity contribution in [1.29, 1.82) is 0 Å². The molecule has 0 spiro atoms. The van der Waals surface area contributed by atoms with Crippen molar-refractivity contribution >= 4 is 31.1 Å². The second-order valence-electron chi connectivity index (χ2n) is 2.58. The minimum atomic E-state index is 0.0196. The minimum absolute atomic E-state index is 0.0196. The van der Waals surface area contributed by atoms with E-state index < -0.39 is 0 Å². The van der Waals surface area contributed by atoms with Gasteiger partial charge < -0.3 is 0 Å². The van der Waals surface area contributed by atoms with Gasteiger partial charge in [-0.1, -0.05) is 6.42 Å². The molecule has 2 heteroatoms. The van der Waals surface area contributed by atoms with E-state index in [9.17, 15) is 0 Å². The molecular weight excluding hydrogens is 188 g/mol. The molecule has 9 heavy (non-hydrogen) atoms. The first-order chi connectivity index (χ1) is 4.43. The summed E-state index contributed by atoms with van der Waals surface area (Å²) in [5, 5.41) is 0. The van der Waals surface area contributed by atoms with Crippen molar-refractivity contribution in [2.45, 2.75) is 32.1 Å². The lowest BCUT2D eigenvalue weighted by Crippen LogP contribution is -1.93. The fraction of sp³-hybridized carbons (Fsp3) is 0.714. The van der Waals surface area contributed by atoms with Gasteiger partial charge in [0.1, 0.15) is 0 Å². The van der Waals surface area contributed by atoms with Crippen LogP contribution in [0, 0.1) is 0 Å². The summed E-state index contributed by atoms with van der Waals surface area (Å²) < 4.78 is 2.46. The summed E-state index contributed by atoms with van der Waals surface area (Å²) in [4.78, 5) is 0. The number of allylic oxidation sites excluding steroid dienone is 1. The highest BCUT2D eigenvalue weighted by Gasteiger charge is 2.03. The second kappa shape index (κ2) is 4.75. The number of halogens is 1. The first kappa shape index (κ1) is 8.09. The van der Waals surface area contributed by atoms with E-state index in [0.717, 1.165) is 0 Å². The molecule has 48 valence electrons. The summed E-state index contributed by atoms with van der Waals surface area (Å²) >= 11 is 3.57. The van der Waals surface area contributed by atoms with Gasteiger partial charge in [-0.3, -0.25) is 12.9 Å². The summed E-state index contributed by atoms with van der Waals surface area (Å²) in [5.41, 5.74) is 1.73. The Hall–Kier alpha value is 0.986. The Morgan fingerprint density at radius 1 is 1.22 bits per heavy atom. The Labute approximate surface area is 72.7 Å². The molecule has 0 amide bonds. The van der Waals surface area contributed by atoms with Gasteiger partial charge in [-0.2, -0.15) is 4.21 Å². The van der Waals surface area contributed by atoms with E-state index in [1.54, 1.807) is 5.57 Å². The molecule has 0 nitrogen and oxygen atoms in total. The predicted molar refractivity (Wildman–Crippen MR) is 45.8 cm³/mol. The first-order valence-corrected chi connectivity index (χ1v) is 8.39. The van der Waals surface area contributed by atoms with Crippen molar-refractivity contribution in [2.24, 2.45) is 0 Å². The SMILES string of the molecule is [Br][Mg][CH]=C1CCCCC1. The maximum Gasteiger partial charge on any atom is 0.498 e. The Bertz CT molecular complexity index is 101. The Balaban J connectivity index is 2.30. The number of rotatable bonds is 1. The maximum atomic E-state index is 3.55. The molecule has 1 aliphatic rings. The average Bonchev–Trinajstić information content (AvgIpc) is 1.91. The van der Waals surface area contributed by atoms with Crippen LogP contribution in [0.5, 0.6) is 0 Å². The zero-order valence-electron chi connectivity index (χ0n) is 5.70. The standard InChI is InChI=1S/C7H11.BrH.Mg/c1-7-5-3-2-4-6-7;;/h1H,2-6H2;1H;/q;;+1/p-1. The molecule has 0 radical (unpaired) electrons. The normalized spacial score (nSPS) is 19.0. The zero-order chi connectivity index (χ0) is 6.53. The third-order valence-corrected chi connectivity index (χ3v) is 3.56. The van der Waals surface area contributed by atoms with E-state index in [-0.39, 0.29) is 18.2 Å². The molecular formula is C7H11BrMg. The molecule has 0 unspecified atom stereocenters. The summed E-state index contributed by atoms with van der Waals surface area (Å²) in [6, 6.07) is 0. The number of hydrogen-bond donors (Lipinski definition) is 0. The molecule has 0 aliphatic heterocycles. The molecule has 0 N–H and O–H groups in total. The molecule has 1 fully saturated rings. The van der Waals surface area contributed by atoms with E-state index in [1.165, 1.54) is 32.1 Å². The summed E-state index contributed by atoms with van der Waals surface area (Å²) in [7, 11) is 0. The van der Waals surface area contributed by atoms with Crippen LogP contribution in [0.25, 0.3) is 0 Å². The highest BCUT2D eigenvalue weighted by Crippen LogP contribution is 2.22. The van der Waals surface area contributed by atoms with Crippen LogP contribution in [0.3, 0.4) is 0 Å². The molecule has 0 aromatic rings. The van der Waals surface area contributed by atoms with Crippen LogP contribution in [0.2, 0.25) is 0 Å². The third kappa shape index (κ3) is 3.05. The van der Waals surface area contributed by atoms with Gasteiger partial charge in [0, 0.05) is 0 Å². The van der Waals surface area contributed by atoms with Crippen LogP contribution in [0.4, 0.5) is 0 Å². The molecule has 1 saturated carbocycles. The Morgan fingerprint density at radius 3 is 2.44 bits per heavy atom. The van der Waals surface area contributed by atoms with Crippen molar-refractivity contribution in [3.8, 4) is 0 Å². The Kier molecular flexibility index (Phi) is 4.27. The minimum Gasteiger partial charge on any atom is -0.297 e. The monoisotopic (exact) mass is 198 g/mol. The Morgan fingerprint density at radius 2 is 1.89 bits per heavy atom. The molecule has 1 aliphatic carbocycles. The van der Waals surface area contributed by atoms with E-state index >= 15 is 0 Å². The highest BCUT2D eigenvalue weighted by atomic mass is 79.9. The van der Waals surface area contributed by atoms with Gasteiger partial charge in [0.2, 0.25) is 0 Å². The van der Waals surface area contributed by atoms with Crippen molar-refractivity contribution < 1.29 is 0 Å². The van der Waals surface area contributed by atoms with Crippen molar-refractivity contribution in [1.82, 2.24) is 0 Å². The maximum absolute atomic E-state index is 3.55. The van der Waals surface area contributed by atoms with Gasteiger partial charge in [-0.15, -0.1) is 5.57 Å². The average molecular weight is 199 g/mol. The quantitative estimate of drug-likeness (QED) is 0.570. The smallest absolute Gasteiger partial charge is 0.297 e. The second-order valence-corrected chi connectivity index (χ2v) is 5.24. The van der Waals surface area contributed by atoms with E-state index in [4.69, 9.17) is 0 Å². The number of hydrogen-bond acceptors (Lipinski definition) is 0. The van der Waals surface area contributed by atoms with Crippen molar-refractivity contribution in [3.05, 3.63) is 9.78 Å². The topological polar surface area (TPSA) is 0 Å². The third-order valence-electron chi connectivity index (χ3n) is 1.86. The van der Waals surface area contributed by atoms with E-state index in [2.05, 4.69) is 17.1 Å². The molecule has 0 aromatic carbocycles. The van der Waals surface area contributed by atoms with Crippen LogP contribution < -0.4 is 0 Å². The fourth-order valence-corrected chi connectivity index (χ4v) is 3.32. The van der Waals surface area contributed by atoms with Gasteiger partial charge in [0.05, 0.1) is 0 Å². The molecule has 0 atom stereocenters. The van der Waals surface area contributed by atoms with E-state index in [0.29, 0.717) is 0 Å². The molecule has 0 aromatic heterocycles. The highest BCUT2D eigenvalue weighted by molar-refractivity contribution is 9.23. The van der Waals surface area contributed by atoms with Gasteiger partial charge >= 0.3 is 18.2 Å². The van der Waals surface area contributed by atoms with Gasteiger partial charge in [-0.05, 0) is 25.7 Å². The lowest BCUT2D eigenvalue weighted by Gasteiger charge is -2.12. The molecule has 0 bridgehead atoms. The van der Waals surface area contributed by atoms with Crippen LogP contribution in [-0.4, -0.2) is 18.2 Å². The van der Waals surface area contributed by atoms with Gasteiger partial charge in [0.15, 0.2) is 0 Å². The predicted octanol–water partition coefficient (Wildman–Crippen LogP) is 2.85. The summed E-state index contributed by atoms with van der Waals surface area (Å²) in [5.74, 6) is 0. The van der Waals surface area contributed by atoms with Gasteiger partial charge in [-0.25, -0.2) is 0 Å². The van der Waals surface area contributed by atoms with E-state index in [1.807, 2.05) is 0 Å². The van der Waals surface area contributed by atoms with Crippen LogP contribution in [0.15, 0.2) is 9.78 Å². The van der Waals surface area contributed by atoms with Crippen LogP contribution >= 0.6 is 12.9 Å². The zero-order valence-corrected chi connectivity index (χ0v) is 8.70. The fourth-order valence-electron chi connectivity index (χ4n) is 1.32. The van der Waals surface area contributed by atoms with Crippen LogP contribution in [0.1, 0.15) is 32.1 Å². The largest absolute Gasteiger partial charge is 0.498 e. The van der Waals surface area contributed by atoms with Crippen molar-refractivity contribution in [3.63, 3.8) is 0 Å².